The van der Waals surface area contributed by atoms with Gasteiger partial charge in [-0.2, -0.15) is 0 Å². The van der Waals surface area contributed by atoms with Crippen LogP contribution in [0.2, 0.25) is 0 Å². The number of ether oxygens (including phenoxy) is 5. The van der Waals surface area contributed by atoms with Crippen molar-refractivity contribution in [3.8, 4) is 5.75 Å². The van der Waals surface area contributed by atoms with Gasteiger partial charge in [-0.25, -0.2) is 8.78 Å². The molecule has 34 heavy (non-hydrogen) atoms. The normalized spacial score (nSPS) is 36.2. The van der Waals surface area contributed by atoms with Crippen molar-refractivity contribution < 1.29 is 41.6 Å². The Hall–Kier alpha value is -1.87. The second-order valence-corrected chi connectivity index (χ2v) is 11.9. The molecule has 0 aromatic heterocycles. The molecule has 3 aliphatic heterocycles. The van der Waals surface area contributed by atoms with Crippen LogP contribution in [-0.4, -0.2) is 48.4 Å². The average Bonchev–Trinajstić information content (AvgIpc) is 3.31. The first-order valence-electron chi connectivity index (χ1n) is 11.1. The summed E-state index contributed by atoms with van der Waals surface area (Å²) in [4.78, 5) is 0. The first-order chi connectivity index (χ1) is 16.0. The predicted molar refractivity (Wildman–Crippen MR) is 118 cm³/mol. The number of halogens is 2. The summed E-state index contributed by atoms with van der Waals surface area (Å²) in [7, 11) is -3.82. The summed E-state index contributed by atoms with van der Waals surface area (Å²) < 4.78 is 78.6. The van der Waals surface area contributed by atoms with E-state index in [9.17, 15) is 13.3 Å². The average molecular weight is 496 g/mol. The summed E-state index contributed by atoms with van der Waals surface area (Å²) in [5, 5.41) is 0.400. The van der Waals surface area contributed by atoms with Crippen LogP contribution in [-0.2, 0) is 28.0 Å². The topological polar surface area (TPSA) is 72.5 Å². The van der Waals surface area contributed by atoms with Crippen molar-refractivity contribution in [1.29, 1.82) is 0 Å². The van der Waals surface area contributed by atoms with Crippen molar-refractivity contribution >= 4 is 12.7 Å². The first kappa shape index (κ1) is 23.9. The Bertz CT molecular complexity index is 1110. The molecule has 2 aromatic rings. The van der Waals surface area contributed by atoms with E-state index in [1.165, 1.54) is 6.07 Å². The number of fused-ring (bicyclic) bond motifs is 1. The molecule has 2 aromatic carbocycles. The Morgan fingerprint density at radius 1 is 0.882 bits per heavy atom. The van der Waals surface area contributed by atoms with E-state index in [2.05, 4.69) is 0 Å². The van der Waals surface area contributed by atoms with E-state index in [0.717, 1.165) is 12.1 Å². The summed E-state index contributed by atoms with van der Waals surface area (Å²) >= 11 is 0. The molecule has 0 amide bonds. The molecule has 7 nitrogen and oxygen atoms in total. The van der Waals surface area contributed by atoms with Gasteiger partial charge in [0.25, 0.3) is 7.37 Å². The van der Waals surface area contributed by atoms with Crippen LogP contribution >= 0.6 is 7.37 Å². The van der Waals surface area contributed by atoms with Gasteiger partial charge in [-0.05, 0) is 52.0 Å². The van der Waals surface area contributed by atoms with Crippen LogP contribution in [0.15, 0.2) is 48.5 Å². The minimum Gasteiger partial charge on any atom is -0.477 e. The Balaban J connectivity index is 1.58. The Morgan fingerprint density at radius 2 is 1.59 bits per heavy atom. The fourth-order valence-electron chi connectivity index (χ4n) is 4.61. The van der Waals surface area contributed by atoms with Crippen LogP contribution in [0.3, 0.4) is 0 Å². The fourth-order valence-corrected chi connectivity index (χ4v) is 7.23. The van der Waals surface area contributed by atoms with Gasteiger partial charge in [-0.15, -0.1) is 0 Å². The Labute approximate surface area is 196 Å². The van der Waals surface area contributed by atoms with Crippen LogP contribution in [0.5, 0.6) is 5.75 Å². The van der Waals surface area contributed by atoms with E-state index >= 15 is 0 Å². The van der Waals surface area contributed by atoms with Crippen molar-refractivity contribution in [3.63, 3.8) is 0 Å². The summed E-state index contributed by atoms with van der Waals surface area (Å²) in [6.07, 6.45) is -2.91. The van der Waals surface area contributed by atoms with E-state index in [0.29, 0.717) is 5.30 Å². The molecule has 0 bridgehead atoms. The van der Waals surface area contributed by atoms with Gasteiger partial charge in [0.2, 0.25) is 5.85 Å². The lowest BCUT2D eigenvalue weighted by Gasteiger charge is -2.43. The molecule has 10 heteroatoms. The fraction of sp³-hybridized carbons (Fsp3) is 0.500. The van der Waals surface area contributed by atoms with Gasteiger partial charge in [0.15, 0.2) is 23.2 Å². The third kappa shape index (κ3) is 4.30. The molecule has 6 atom stereocenters. The highest BCUT2D eigenvalue weighted by atomic mass is 31.2. The Morgan fingerprint density at radius 3 is 2.24 bits per heavy atom. The van der Waals surface area contributed by atoms with Gasteiger partial charge in [0.1, 0.15) is 30.2 Å². The first-order valence-corrected chi connectivity index (χ1v) is 12.8. The highest BCUT2D eigenvalue weighted by Crippen LogP contribution is 2.61. The monoisotopic (exact) mass is 496 g/mol. The van der Waals surface area contributed by atoms with Gasteiger partial charge in [0, 0.05) is 11.4 Å². The van der Waals surface area contributed by atoms with E-state index in [1.807, 2.05) is 0 Å². The van der Waals surface area contributed by atoms with E-state index in [4.69, 9.17) is 28.2 Å². The summed E-state index contributed by atoms with van der Waals surface area (Å²) in [5.41, 5.74) is 0. The maximum absolute atomic E-state index is 14.7. The number of hydrogen-bond donors (Lipinski definition) is 0. The predicted octanol–water partition coefficient (Wildman–Crippen LogP) is 4.34. The maximum Gasteiger partial charge on any atom is 0.274 e. The van der Waals surface area contributed by atoms with Crippen molar-refractivity contribution in [2.75, 3.05) is 6.61 Å². The van der Waals surface area contributed by atoms with Crippen molar-refractivity contribution in [2.45, 2.75) is 69.5 Å². The van der Waals surface area contributed by atoms with Gasteiger partial charge in [-0.1, -0.05) is 18.2 Å². The number of hydrogen-bond acceptors (Lipinski definition) is 7. The largest absolute Gasteiger partial charge is 0.477 e. The molecule has 3 heterocycles. The van der Waals surface area contributed by atoms with Gasteiger partial charge in [0.05, 0.1) is 6.61 Å². The number of rotatable bonds is 4. The lowest BCUT2D eigenvalue weighted by molar-refractivity contribution is -0.174. The van der Waals surface area contributed by atoms with E-state index in [-0.39, 0.29) is 12.4 Å². The van der Waals surface area contributed by atoms with Crippen LogP contribution in [0.25, 0.3) is 0 Å². The third-order valence-corrected chi connectivity index (χ3v) is 8.69. The minimum absolute atomic E-state index is 0.00394. The highest BCUT2D eigenvalue weighted by molar-refractivity contribution is 7.67. The molecule has 0 spiro atoms. The summed E-state index contributed by atoms with van der Waals surface area (Å²) in [5.74, 6) is -5.16. The molecule has 184 valence electrons. The smallest absolute Gasteiger partial charge is 0.274 e. The summed E-state index contributed by atoms with van der Waals surface area (Å²) in [6, 6.07) is 11.7. The van der Waals surface area contributed by atoms with Crippen LogP contribution in [0.1, 0.15) is 27.7 Å². The van der Waals surface area contributed by atoms with Crippen molar-refractivity contribution in [1.82, 2.24) is 0 Å². The maximum atomic E-state index is 14.7. The van der Waals surface area contributed by atoms with Crippen LogP contribution in [0.4, 0.5) is 8.78 Å². The molecule has 3 fully saturated rings. The number of benzene rings is 2. The van der Waals surface area contributed by atoms with Gasteiger partial charge in [-0.3, -0.25) is 4.57 Å². The molecule has 0 N–H and O–H groups in total. The van der Waals surface area contributed by atoms with Crippen molar-refractivity contribution in [2.24, 2.45) is 0 Å². The zero-order chi connectivity index (χ0) is 24.3. The van der Waals surface area contributed by atoms with Crippen molar-refractivity contribution in [3.05, 3.63) is 60.2 Å². The third-order valence-electron chi connectivity index (χ3n) is 6.04. The SMILES string of the molecule is CC1(C)O[C@H]2[C@@H]([C@H]3COC(C)(C)O3)O[P@@](=O)(c3ccccc3)[C@@H](Oc3ccc(F)c(F)c3)[C@H]2O1. The van der Waals surface area contributed by atoms with Crippen LogP contribution in [0, 0.1) is 11.6 Å². The molecular formula is C24H27F2O7P. The molecule has 0 saturated carbocycles. The molecule has 3 aliphatic rings. The van der Waals surface area contributed by atoms with Crippen LogP contribution < -0.4 is 10.0 Å². The molecule has 0 unspecified atom stereocenters. The molecule has 0 radical (unpaired) electrons. The zero-order valence-corrected chi connectivity index (χ0v) is 20.2. The van der Waals surface area contributed by atoms with Gasteiger partial charge < -0.3 is 28.2 Å². The molecule has 5 rings (SSSR count). The lowest BCUT2D eigenvalue weighted by Crippen LogP contribution is -2.56. The van der Waals surface area contributed by atoms with Gasteiger partial charge >= 0.3 is 0 Å². The lowest BCUT2D eigenvalue weighted by atomic mass is 10.0. The quantitative estimate of drug-likeness (QED) is 0.583. The minimum atomic E-state index is -3.82. The summed E-state index contributed by atoms with van der Waals surface area (Å²) in [6.45, 7) is 7.26. The zero-order valence-electron chi connectivity index (χ0n) is 19.3. The second kappa shape index (κ2) is 8.36. The van der Waals surface area contributed by atoms with E-state index in [1.54, 1.807) is 58.0 Å². The second-order valence-electron chi connectivity index (χ2n) is 9.52. The standard InChI is InChI=1S/C24H27F2O7P/c1-23(2)28-13-18(30-23)19-20-21(32-24(3,4)31-20)22(29-14-10-11-16(25)17(26)12-14)34(27,33-19)15-8-6-5-7-9-15/h5-12,18-22H,13H2,1-4H3/t18-,19-,20+,21+,22-,34+/m1/s1. The molecular weight excluding hydrogens is 469 g/mol. The Kier molecular flexibility index (Phi) is 5.87. The molecule has 0 aliphatic carbocycles. The van der Waals surface area contributed by atoms with E-state index < -0.39 is 60.8 Å². The highest BCUT2D eigenvalue weighted by Gasteiger charge is 2.64. The molecule has 3 saturated heterocycles.